The fraction of sp³-hybridized carbons (Fsp3) is 0.833. The quantitative estimate of drug-likeness (QED) is 0.797. The predicted octanol–water partition coefficient (Wildman–Crippen LogP) is 0.695. The number of carbonyl (C=O) groups is 2. The number of aliphatic hydroxyl groups is 1. The van der Waals surface area contributed by atoms with Gasteiger partial charge in [0.2, 0.25) is 0 Å². The lowest BCUT2D eigenvalue weighted by molar-refractivity contribution is -0.266. The van der Waals surface area contributed by atoms with Gasteiger partial charge in [-0.3, -0.25) is 9.59 Å². The summed E-state index contributed by atoms with van der Waals surface area (Å²) < 4.78 is 11.3. The lowest BCUT2D eigenvalue weighted by Crippen LogP contribution is -2.59. The summed E-state index contributed by atoms with van der Waals surface area (Å²) >= 11 is 1.18. The Morgan fingerprint density at radius 2 is 2.28 bits per heavy atom. The molecule has 3 rings (SSSR count). The Balaban J connectivity index is 1.87. The molecule has 2 aliphatic heterocycles. The monoisotopic (exact) mass is 272 g/mol. The van der Waals surface area contributed by atoms with Crippen LogP contribution in [0.1, 0.15) is 26.7 Å². The summed E-state index contributed by atoms with van der Waals surface area (Å²) in [6, 6.07) is 0. The number of rotatable bonds is 2. The van der Waals surface area contributed by atoms with E-state index >= 15 is 0 Å². The second-order valence-electron chi connectivity index (χ2n) is 5.54. The molecule has 0 aromatic heterocycles. The topological polar surface area (TPSA) is 72.8 Å². The number of ether oxygens (including phenoxy) is 2. The normalized spacial score (nSPS) is 49.7. The number of fused-ring (bicyclic) bond motifs is 2. The van der Waals surface area contributed by atoms with Gasteiger partial charge in [-0.05, 0) is 6.92 Å². The van der Waals surface area contributed by atoms with Gasteiger partial charge >= 0.3 is 0 Å². The average Bonchev–Trinajstić information content (AvgIpc) is 2.40. The van der Waals surface area contributed by atoms with Crippen LogP contribution in [-0.4, -0.2) is 39.4 Å². The van der Waals surface area contributed by atoms with Crippen molar-refractivity contribution < 1.29 is 24.2 Å². The number of thioether (sulfide) groups is 1. The molecule has 1 aliphatic carbocycles. The van der Waals surface area contributed by atoms with Crippen LogP contribution in [0.25, 0.3) is 0 Å². The third kappa shape index (κ3) is 1.59. The standard InChI is InChI=1S/C12H16O5S/c1-6(13)18-5-8-7-3-12(15)11(2,4-9(7)14)16-10(8)17-12/h7-8,10,15H,3-5H2,1-2H3/t7-,8+,10+,11+,12-/m1/s1. The summed E-state index contributed by atoms with van der Waals surface area (Å²) in [5.41, 5.74) is -0.930. The molecule has 0 aromatic rings. The molecule has 2 saturated heterocycles. The predicted molar refractivity (Wildman–Crippen MR) is 63.7 cm³/mol. The van der Waals surface area contributed by atoms with Gasteiger partial charge in [-0.15, -0.1) is 0 Å². The molecule has 0 spiro atoms. The highest BCUT2D eigenvalue weighted by Crippen LogP contribution is 2.56. The van der Waals surface area contributed by atoms with Gasteiger partial charge in [0.25, 0.3) is 0 Å². The first-order valence-electron chi connectivity index (χ1n) is 6.09. The van der Waals surface area contributed by atoms with Crippen molar-refractivity contribution in [3.63, 3.8) is 0 Å². The van der Waals surface area contributed by atoms with Gasteiger partial charge in [-0.1, -0.05) is 11.8 Å². The van der Waals surface area contributed by atoms with Crippen LogP contribution in [0.5, 0.6) is 0 Å². The smallest absolute Gasteiger partial charge is 0.198 e. The minimum absolute atomic E-state index is 0.0158. The van der Waals surface area contributed by atoms with Crippen LogP contribution >= 0.6 is 11.8 Å². The summed E-state index contributed by atoms with van der Waals surface area (Å²) in [5, 5.41) is 10.4. The number of hydrogen-bond acceptors (Lipinski definition) is 6. The zero-order valence-electron chi connectivity index (χ0n) is 10.3. The van der Waals surface area contributed by atoms with Gasteiger partial charge in [0.05, 0.1) is 0 Å². The van der Waals surface area contributed by atoms with Crippen LogP contribution in [0.2, 0.25) is 0 Å². The van der Waals surface area contributed by atoms with E-state index in [1.165, 1.54) is 18.7 Å². The summed E-state index contributed by atoms with van der Waals surface area (Å²) in [4.78, 5) is 23.2. The van der Waals surface area contributed by atoms with E-state index < -0.39 is 17.7 Å². The molecule has 6 heteroatoms. The maximum Gasteiger partial charge on any atom is 0.198 e. The highest BCUT2D eigenvalue weighted by Gasteiger charge is 2.69. The van der Waals surface area contributed by atoms with E-state index in [0.29, 0.717) is 5.75 Å². The zero-order valence-corrected chi connectivity index (χ0v) is 11.2. The van der Waals surface area contributed by atoms with Crippen molar-refractivity contribution >= 4 is 22.7 Å². The van der Waals surface area contributed by atoms with E-state index in [1.54, 1.807) is 6.92 Å². The lowest BCUT2D eigenvalue weighted by Gasteiger charge is -2.45. The Morgan fingerprint density at radius 3 is 2.94 bits per heavy atom. The number of hydrogen-bond donors (Lipinski definition) is 1. The van der Waals surface area contributed by atoms with Gasteiger partial charge in [0.15, 0.2) is 17.2 Å². The molecule has 5 atom stereocenters. The molecule has 0 unspecified atom stereocenters. The van der Waals surface area contributed by atoms with Crippen LogP contribution in [0, 0.1) is 11.8 Å². The second-order valence-corrected chi connectivity index (χ2v) is 6.74. The van der Waals surface area contributed by atoms with Crippen LogP contribution in [0.4, 0.5) is 0 Å². The highest BCUT2D eigenvalue weighted by atomic mass is 32.2. The molecule has 1 N–H and O–H groups in total. The molecule has 2 heterocycles. The zero-order chi connectivity index (χ0) is 13.1. The Kier molecular flexibility index (Phi) is 2.65. The largest absolute Gasteiger partial charge is 0.363 e. The van der Waals surface area contributed by atoms with Crippen molar-refractivity contribution in [2.24, 2.45) is 11.8 Å². The van der Waals surface area contributed by atoms with Crippen LogP contribution in [0.3, 0.4) is 0 Å². The maximum atomic E-state index is 12.1. The fourth-order valence-corrected chi connectivity index (χ4v) is 3.99. The van der Waals surface area contributed by atoms with E-state index in [2.05, 4.69) is 0 Å². The molecular formula is C12H16O5S. The molecule has 3 fully saturated rings. The van der Waals surface area contributed by atoms with Gasteiger partial charge in [0, 0.05) is 37.4 Å². The number of Topliss-reactive ketones (excluding diaryl/α,β-unsaturated/α-hetero) is 1. The van der Waals surface area contributed by atoms with Gasteiger partial charge in [-0.25, -0.2) is 0 Å². The molecule has 0 amide bonds. The van der Waals surface area contributed by atoms with Crippen LogP contribution in [0.15, 0.2) is 0 Å². The lowest BCUT2D eigenvalue weighted by atomic mass is 9.70. The van der Waals surface area contributed by atoms with Crippen molar-refractivity contribution in [1.29, 1.82) is 0 Å². The molecule has 1 saturated carbocycles. The average molecular weight is 272 g/mol. The summed E-state index contributed by atoms with van der Waals surface area (Å²) in [5.74, 6) is -1.12. The Morgan fingerprint density at radius 1 is 1.56 bits per heavy atom. The highest BCUT2D eigenvalue weighted by molar-refractivity contribution is 8.13. The fourth-order valence-electron chi connectivity index (χ4n) is 3.17. The van der Waals surface area contributed by atoms with E-state index in [4.69, 9.17) is 9.47 Å². The first kappa shape index (κ1) is 12.6. The van der Waals surface area contributed by atoms with Crippen LogP contribution < -0.4 is 0 Å². The van der Waals surface area contributed by atoms with Gasteiger partial charge < -0.3 is 14.6 Å². The molecule has 0 aromatic carbocycles. The van der Waals surface area contributed by atoms with E-state index in [1.807, 2.05) is 0 Å². The maximum absolute atomic E-state index is 12.1. The van der Waals surface area contributed by atoms with Gasteiger partial charge in [-0.2, -0.15) is 0 Å². The van der Waals surface area contributed by atoms with E-state index in [-0.39, 0.29) is 35.6 Å². The SMILES string of the molecule is CC(=O)SC[C@@H]1[C@@H]2O[C@]3(O)C[C@H]1C(=O)C[C@]3(C)O2. The minimum atomic E-state index is -1.34. The van der Waals surface area contributed by atoms with Crippen molar-refractivity contribution in [2.45, 2.75) is 44.4 Å². The van der Waals surface area contributed by atoms with Crippen molar-refractivity contribution in [1.82, 2.24) is 0 Å². The molecule has 3 bridgehead atoms. The van der Waals surface area contributed by atoms with Gasteiger partial charge in [0.1, 0.15) is 11.4 Å². The van der Waals surface area contributed by atoms with E-state index in [9.17, 15) is 14.7 Å². The minimum Gasteiger partial charge on any atom is -0.363 e. The molecule has 0 radical (unpaired) electrons. The molecule has 3 aliphatic rings. The third-order valence-corrected chi connectivity index (χ3v) is 5.24. The number of ketones is 1. The Labute approximate surface area is 109 Å². The first-order chi connectivity index (χ1) is 8.35. The molecular weight excluding hydrogens is 256 g/mol. The molecule has 5 nitrogen and oxygen atoms in total. The summed E-state index contributed by atoms with van der Waals surface area (Å²) in [7, 11) is 0. The summed E-state index contributed by atoms with van der Waals surface area (Å²) in [6.07, 6.45) is -0.106. The summed E-state index contributed by atoms with van der Waals surface area (Å²) in [6.45, 7) is 3.22. The van der Waals surface area contributed by atoms with Crippen LogP contribution in [-0.2, 0) is 19.1 Å². The Bertz CT molecular complexity index is 425. The molecule has 18 heavy (non-hydrogen) atoms. The second kappa shape index (κ2) is 3.79. The van der Waals surface area contributed by atoms with Crippen molar-refractivity contribution in [3.05, 3.63) is 0 Å². The van der Waals surface area contributed by atoms with E-state index in [0.717, 1.165) is 0 Å². The number of carbonyl (C=O) groups excluding carboxylic acids is 2. The van der Waals surface area contributed by atoms with Crippen molar-refractivity contribution in [2.75, 3.05) is 5.75 Å². The first-order valence-corrected chi connectivity index (χ1v) is 7.07. The molecule has 100 valence electrons. The third-order valence-electron chi connectivity index (χ3n) is 4.28. The Hall–Kier alpha value is -0.430. The van der Waals surface area contributed by atoms with Crippen molar-refractivity contribution in [3.8, 4) is 0 Å².